The Hall–Kier alpha value is -0.770. The molecule has 2 aliphatic rings. The Morgan fingerprint density at radius 3 is 2.30 bits per heavy atom. The maximum atomic E-state index is 6.14. The number of piperidine rings is 1. The standard InChI is InChI=1S/C16H32N4/c1-2-19-13-8-15(9-14-19)7-10-18-16(17)20-11-5-3-4-6-12-20/h15H,2-14H2,1H3,(H2,17,18). The smallest absolute Gasteiger partial charge is 0.191 e. The van der Waals surface area contributed by atoms with Gasteiger partial charge in [0, 0.05) is 19.6 Å². The first-order valence-corrected chi connectivity index (χ1v) is 8.57. The largest absolute Gasteiger partial charge is 0.370 e. The molecule has 0 aromatic carbocycles. The molecule has 0 aliphatic carbocycles. The van der Waals surface area contributed by atoms with Crippen LogP contribution in [0.5, 0.6) is 0 Å². The van der Waals surface area contributed by atoms with Crippen LogP contribution in [0, 0.1) is 5.92 Å². The summed E-state index contributed by atoms with van der Waals surface area (Å²) < 4.78 is 0. The van der Waals surface area contributed by atoms with Crippen LogP contribution in [0.4, 0.5) is 0 Å². The highest BCUT2D eigenvalue weighted by Crippen LogP contribution is 2.20. The van der Waals surface area contributed by atoms with E-state index in [1.165, 1.54) is 64.6 Å². The van der Waals surface area contributed by atoms with Gasteiger partial charge in [0.1, 0.15) is 0 Å². The van der Waals surface area contributed by atoms with Gasteiger partial charge in [-0.25, -0.2) is 0 Å². The average molecular weight is 280 g/mol. The van der Waals surface area contributed by atoms with Crippen molar-refractivity contribution in [2.45, 2.75) is 51.9 Å². The van der Waals surface area contributed by atoms with Crippen molar-refractivity contribution in [3.8, 4) is 0 Å². The molecular formula is C16H32N4. The lowest BCUT2D eigenvalue weighted by Gasteiger charge is -2.30. The Balaban J connectivity index is 1.67. The van der Waals surface area contributed by atoms with Gasteiger partial charge in [-0.2, -0.15) is 0 Å². The summed E-state index contributed by atoms with van der Waals surface area (Å²) in [7, 11) is 0. The van der Waals surface area contributed by atoms with Gasteiger partial charge in [0.2, 0.25) is 0 Å². The molecule has 0 unspecified atom stereocenters. The van der Waals surface area contributed by atoms with Crippen molar-refractivity contribution in [3.63, 3.8) is 0 Å². The van der Waals surface area contributed by atoms with Gasteiger partial charge >= 0.3 is 0 Å². The number of nitrogens with zero attached hydrogens (tertiary/aromatic N) is 3. The van der Waals surface area contributed by atoms with Crippen molar-refractivity contribution in [1.82, 2.24) is 9.80 Å². The summed E-state index contributed by atoms with van der Waals surface area (Å²) in [5, 5.41) is 0. The van der Waals surface area contributed by atoms with Crippen molar-refractivity contribution in [2.24, 2.45) is 16.6 Å². The van der Waals surface area contributed by atoms with Crippen molar-refractivity contribution < 1.29 is 0 Å². The summed E-state index contributed by atoms with van der Waals surface area (Å²) in [4.78, 5) is 9.46. The van der Waals surface area contributed by atoms with Crippen LogP contribution in [0.1, 0.15) is 51.9 Å². The molecule has 0 aromatic heterocycles. The fourth-order valence-electron chi connectivity index (χ4n) is 3.35. The second-order valence-electron chi connectivity index (χ2n) is 6.31. The van der Waals surface area contributed by atoms with Gasteiger partial charge in [-0.3, -0.25) is 4.99 Å². The minimum atomic E-state index is 0.790. The average Bonchev–Trinajstić information content (AvgIpc) is 2.77. The number of hydrogen-bond acceptors (Lipinski definition) is 2. The zero-order valence-corrected chi connectivity index (χ0v) is 13.2. The first-order valence-electron chi connectivity index (χ1n) is 8.57. The van der Waals surface area contributed by atoms with E-state index >= 15 is 0 Å². The summed E-state index contributed by atoms with van der Waals surface area (Å²) in [6.07, 6.45) is 9.13. The molecule has 4 heteroatoms. The highest BCUT2D eigenvalue weighted by Gasteiger charge is 2.17. The van der Waals surface area contributed by atoms with Crippen LogP contribution in [0.25, 0.3) is 0 Å². The molecule has 0 aromatic rings. The molecule has 0 atom stereocenters. The van der Waals surface area contributed by atoms with E-state index in [1.807, 2.05) is 0 Å². The third-order valence-corrected chi connectivity index (χ3v) is 4.90. The maximum Gasteiger partial charge on any atom is 0.191 e. The van der Waals surface area contributed by atoms with E-state index in [1.54, 1.807) is 0 Å². The van der Waals surface area contributed by atoms with Crippen LogP contribution in [0.15, 0.2) is 4.99 Å². The van der Waals surface area contributed by atoms with Crippen LogP contribution in [0.3, 0.4) is 0 Å². The number of hydrogen-bond donors (Lipinski definition) is 1. The Morgan fingerprint density at radius 2 is 1.70 bits per heavy atom. The molecule has 2 N–H and O–H groups in total. The Kier molecular flexibility index (Phi) is 6.64. The molecule has 2 heterocycles. The Labute approximate surface area is 124 Å². The lowest BCUT2D eigenvalue weighted by molar-refractivity contribution is 0.188. The first-order chi connectivity index (χ1) is 9.79. The Bertz CT molecular complexity index is 287. The number of nitrogens with two attached hydrogens (primary N) is 1. The summed E-state index contributed by atoms with van der Waals surface area (Å²) in [5.41, 5.74) is 6.14. The maximum absolute atomic E-state index is 6.14. The third-order valence-electron chi connectivity index (χ3n) is 4.90. The molecule has 2 aliphatic heterocycles. The molecule has 0 bridgehead atoms. The number of aliphatic imine (C=N–C) groups is 1. The minimum absolute atomic E-state index is 0.790. The quantitative estimate of drug-likeness (QED) is 0.635. The van der Waals surface area contributed by atoms with E-state index in [0.29, 0.717) is 0 Å². The fraction of sp³-hybridized carbons (Fsp3) is 0.938. The highest BCUT2D eigenvalue weighted by molar-refractivity contribution is 5.78. The van der Waals surface area contributed by atoms with Gasteiger partial charge in [0.15, 0.2) is 5.96 Å². The van der Waals surface area contributed by atoms with Gasteiger partial charge in [-0.05, 0) is 57.7 Å². The molecule has 4 nitrogen and oxygen atoms in total. The van der Waals surface area contributed by atoms with E-state index in [9.17, 15) is 0 Å². The van der Waals surface area contributed by atoms with Gasteiger partial charge in [-0.1, -0.05) is 19.8 Å². The molecule has 116 valence electrons. The van der Waals surface area contributed by atoms with Gasteiger partial charge in [0.25, 0.3) is 0 Å². The molecule has 0 radical (unpaired) electrons. The second kappa shape index (κ2) is 8.50. The monoisotopic (exact) mass is 280 g/mol. The summed E-state index contributed by atoms with van der Waals surface area (Å²) in [5.74, 6) is 1.65. The van der Waals surface area contributed by atoms with E-state index in [4.69, 9.17) is 5.73 Å². The van der Waals surface area contributed by atoms with Crippen LogP contribution in [0.2, 0.25) is 0 Å². The van der Waals surface area contributed by atoms with E-state index in [-0.39, 0.29) is 0 Å². The summed E-state index contributed by atoms with van der Waals surface area (Å²) in [6.45, 7) is 9.12. The van der Waals surface area contributed by atoms with E-state index in [0.717, 1.165) is 31.5 Å². The van der Waals surface area contributed by atoms with Gasteiger partial charge in [-0.15, -0.1) is 0 Å². The normalized spacial score (nSPS) is 23.9. The third kappa shape index (κ3) is 4.97. The summed E-state index contributed by atoms with van der Waals surface area (Å²) >= 11 is 0. The van der Waals surface area contributed by atoms with E-state index in [2.05, 4.69) is 21.7 Å². The first kappa shape index (κ1) is 15.6. The summed E-state index contributed by atoms with van der Waals surface area (Å²) in [6, 6.07) is 0. The van der Waals surface area contributed by atoms with Gasteiger partial charge < -0.3 is 15.5 Å². The minimum Gasteiger partial charge on any atom is -0.370 e. The van der Waals surface area contributed by atoms with Crippen LogP contribution in [-0.2, 0) is 0 Å². The molecule has 20 heavy (non-hydrogen) atoms. The zero-order chi connectivity index (χ0) is 14.2. The number of rotatable bonds is 4. The number of guanidine groups is 1. The lowest BCUT2D eigenvalue weighted by atomic mass is 9.94. The molecule has 2 fully saturated rings. The topological polar surface area (TPSA) is 44.9 Å². The molecule has 0 amide bonds. The van der Waals surface area contributed by atoms with Crippen molar-refractivity contribution in [1.29, 1.82) is 0 Å². The van der Waals surface area contributed by atoms with Crippen LogP contribution in [-0.4, -0.2) is 55.0 Å². The molecule has 0 saturated carbocycles. The fourth-order valence-corrected chi connectivity index (χ4v) is 3.35. The SMILES string of the molecule is CCN1CCC(CCN=C(N)N2CCCCCC2)CC1. The molecule has 0 spiro atoms. The predicted molar refractivity (Wildman–Crippen MR) is 86.0 cm³/mol. The van der Waals surface area contributed by atoms with Crippen molar-refractivity contribution in [3.05, 3.63) is 0 Å². The predicted octanol–water partition coefficient (Wildman–Crippen LogP) is 2.30. The van der Waals surface area contributed by atoms with Gasteiger partial charge in [0.05, 0.1) is 0 Å². The molecule has 2 rings (SSSR count). The molecular weight excluding hydrogens is 248 g/mol. The highest BCUT2D eigenvalue weighted by atomic mass is 15.2. The van der Waals surface area contributed by atoms with Crippen LogP contribution >= 0.6 is 0 Å². The van der Waals surface area contributed by atoms with Crippen LogP contribution < -0.4 is 5.73 Å². The molecule has 2 saturated heterocycles. The Morgan fingerprint density at radius 1 is 1.05 bits per heavy atom. The van der Waals surface area contributed by atoms with Crippen molar-refractivity contribution in [2.75, 3.05) is 39.3 Å². The van der Waals surface area contributed by atoms with E-state index < -0.39 is 0 Å². The lowest BCUT2D eigenvalue weighted by Crippen LogP contribution is -2.38. The second-order valence-corrected chi connectivity index (χ2v) is 6.31. The van der Waals surface area contributed by atoms with Crippen molar-refractivity contribution >= 4 is 5.96 Å². The number of likely N-dealkylation sites (tertiary alicyclic amines) is 2. The zero-order valence-electron chi connectivity index (χ0n) is 13.2.